The number of anilines is 1. The Bertz CT molecular complexity index is 446. The van der Waals surface area contributed by atoms with Gasteiger partial charge in [-0.3, -0.25) is 0 Å². The third-order valence-corrected chi connectivity index (χ3v) is 3.80. The van der Waals surface area contributed by atoms with Crippen molar-refractivity contribution >= 4 is 27.3 Å². The van der Waals surface area contributed by atoms with Crippen molar-refractivity contribution in [1.82, 2.24) is 4.72 Å². The molecule has 1 aliphatic heterocycles. The molecule has 0 radical (unpaired) electrons. The summed E-state index contributed by atoms with van der Waals surface area (Å²) in [6.07, 6.45) is -0.434. The zero-order valence-corrected chi connectivity index (χ0v) is 8.77. The molecule has 0 fully saturated rings. The molecule has 1 atom stereocenters. The van der Waals surface area contributed by atoms with Crippen molar-refractivity contribution in [3.63, 3.8) is 0 Å². The van der Waals surface area contributed by atoms with E-state index < -0.39 is 16.2 Å². The summed E-state index contributed by atoms with van der Waals surface area (Å²) < 4.78 is 25.7. The normalized spacial score (nSPS) is 23.6. The van der Waals surface area contributed by atoms with E-state index in [2.05, 4.69) is 10.0 Å². The summed E-state index contributed by atoms with van der Waals surface area (Å²) in [5.74, 6) is 0.188. The number of sulfonamides is 1. The smallest absolute Gasteiger partial charge is 0.244 e. The van der Waals surface area contributed by atoms with Crippen molar-refractivity contribution in [2.75, 3.05) is 11.2 Å². The Labute approximate surface area is 87.3 Å². The van der Waals surface area contributed by atoms with Crippen LogP contribution in [0.4, 0.5) is 5.69 Å². The third-order valence-electron chi connectivity index (χ3n) is 1.96. The van der Waals surface area contributed by atoms with Crippen LogP contribution < -0.4 is 10.0 Å². The van der Waals surface area contributed by atoms with Crippen LogP contribution in [0.3, 0.4) is 0 Å². The number of hydrogen-bond acceptors (Lipinski definition) is 3. The fourth-order valence-electron chi connectivity index (χ4n) is 1.36. The van der Waals surface area contributed by atoms with Crippen molar-refractivity contribution < 1.29 is 8.42 Å². The van der Waals surface area contributed by atoms with Gasteiger partial charge in [0.15, 0.2) is 0 Å². The maximum atomic E-state index is 11.6. The van der Waals surface area contributed by atoms with Gasteiger partial charge in [-0.1, -0.05) is 12.1 Å². The minimum absolute atomic E-state index is 0.188. The maximum absolute atomic E-state index is 11.6. The summed E-state index contributed by atoms with van der Waals surface area (Å²) in [6.45, 7) is 0. The number of fused-ring (bicyclic) bond motifs is 1. The molecule has 0 saturated carbocycles. The molecule has 1 aliphatic rings. The molecule has 2 N–H and O–H groups in total. The van der Waals surface area contributed by atoms with Gasteiger partial charge in [-0.15, -0.1) is 11.6 Å². The molecule has 4 nitrogen and oxygen atoms in total. The molecule has 0 bridgehead atoms. The minimum atomic E-state index is -3.40. The van der Waals surface area contributed by atoms with Crippen molar-refractivity contribution in [3.05, 3.63) is 24.3 Å². The second kappa shape index (κ2) is 3.42. The van der Waals surface area contributed by atoms with Crippen LogP contribution in [-0.4, -0.2) is 20.5 Å². The summed E-state index contributed by atoms with van der Waals surface area (Å²) in [5, 5.41) is 2.98. The highest BCUT2D eigenvalue weighted by molar-refractivity contribution is 7.89. The first kappa shape index (κ1) is 9.76. The molecular weight excluding hydrogens is 224 g/mol. The van der Waals surface area contributed by atoms with Crippen molar-refractivity contribution in [1.29, 1.82) is 0 Å². The Morgan fingerprint density at radius 1 is 1.36 bits per heavy atom. The molecule has 0 spiro atoms. The highest BCUT2D eigenvalue weighted by Gasteiger charge is 2.27. The van der Waals surface area contributed by atoms with Crippen LogP contribution in [0.25, 0.3) is 0 Å². The SMILES string of the molecule is O=S1(=O)NC(CCl)Nc2ccccc21. The van der Waals surface area contributed by atoms with Gasteiger partial charge in [-0.05, 0) is 12.1 Å². The Hall–Kier alpha value is -0.780. The first-order valence-electron chi connectivity index (χ1n) is 4.07. The van der Waals surface area contributed by atoms with Gasteiger partial charge in [-0.25, -0.2) is 8.42 Å². The largest absolute Gasteiger partial charge is 0.367 e. The zero-order valence-electron chi connectivity index (χ0n) is 7.20. The molecule has 1 unspecified atom stereocenters. The van der Waals surface area contributed by atoms with E-state index in [0.29, 0.717) is 5.69 Å². The third kappa shape index (κ3) is 1.58. The van der Waals surface area contributed by atoms with E-state index in [1.807, 2.05) is 0 Å². The quantitative estimate of drug-likeness (QED) is 0.709. The minimum Gasteiger partial charge on any atom is -0.367 e. The van der Waals surface area contributed by atoms with E-state index in [1.165, 1.54) is 0 Å². The Kier molecular flexibility index (Phi) is 2.38. The zero-order chi connectivity index (χ0) is 10.2. The summed E-state index contributed by atoms with van der Waals surface area (Å²) in [7, 11) is -3.40. The second-order valence-corrected chi connectivity index (χ2v) is 4.96. The van der Waals surface area contributed by atoms with Crippen molar-refractivity contribution in [3.8, 4) is 0 Å². The van der Waals surface area contributed by atoms with Crippen LogP contribution in [0.1, 0.15) is 0 Å². The van der Waals surface area contributed by atoms with Crippen LogP contribution in [0.15, 0.2) is 29.2 Å². The molecule has 76 valence electrons. The van der Waals surface area contributed by atoms with Gasteiger partial charge < -0.3 is 5.32 Å². The number of halogens is 1. The molecule has 6 heteroatoms. The number of hydrogen-bond donors (Lipinski definition) is 2. The molecule has 0 aromatic heterocycles. The van der Waals surface area contributed by atoms with Gasteiger partial charge in [0.1, 0.15) is 11.1 Å². The maximum Gasteiger partial charge on any atom is 0.244 e. The van der Waals surface area contributed by atoms with E-state index in [9.17, 15) is 8.42 Å². The second-order valence-electron chi connectivity index (χ2n) is 2.97. The van der Waals surface area contributed by atoms with Crippen LogP contribution in [0.2, 0.25) is 0 Å². The van der Waals surface area contributed by atoms with Gasteiger partial charge in [0.2, 0.25) is 10.0 Å². The lowest BCUT2D eigenvalue weighted by Crippen LogP contribution is -2.45. The number of rotatable bonds is 1. The Balaban J connectivity index is 2.53. The van der Waals surface area contributed by atoms with E-state index >= 15 is 0 Å². The molecule has 1 aromatic rings. The summed E-state index contributed by atoms with van der Waals surface area (Å²) >= 11 is 5.58. The van der Waals surface area contributed by atoms with Crippen molar-refractivity contribution in [2.24, 2.45) is 0 Å². The Morgan fingerprint density at radius 3 is 2.79 bits per heavy atom. The predicted molar refractivity (Wildman–Crippen MR) is 54.9 cm³/mol. The lowest BCUT2D eigenvalue weighted by atomic mass is 10.3. The molecule has 1 heterocycles. The average Bonchev–Trinajstić information content (AvgIpc) is 2.17. The molecular formula is C8H9ClN2O2S. The fourth-order valence-corrected chi connectivity index (χ4v) is 2.92. The van der Waals surface area contributed by atoms with Gasteiger partial charge in [-0.2, -0.15) is 4.72 Å². The van der Waals surface area contributed by atoms with Gasteiger partial charge in [0.05, 0.1) is 11.6 Å². The molecule has 14 heavy (non-hydrogen) atoms. The lowest BCUT2D eigenvalue weighted by Gasteiger charge is -2.26. The van der Waals surface area contributed by atoms with Crippen molar-refractivity contribution in [2.45, 2.75) is 11.1 Å². The fraction of sp³-hybridized carbons (Fsp3) is 0.250. The molecule has 0 amide bonds. The number of benzene rings is 1. The number of para-hydroxylation sites is 1. The molecule has 0 saturated heterocycles. The summed E-state index contributed by atoms with van der Waals surface area (Å²) in [6, 6.07) is 6.72. The Morgan fingerprint density at radius 2 is 2.07 bits per heavy atom. The number of nitrogens with one attached hydrogen (secondary N) is 2. The average molecular weight is 233 g/mol. The standard InChI is InChI=1S/C8H9ClN2O2S/c9-5-8-10-6-3-1-2-4-7(6)14(12,13)11-8/h1-4,8,10-11H,5H2. The van der Waals surface area contributed by atoms with E-state index in [0.717, 1.165) is 0 Å². The monoisotopic (exact) mass is 232 g/mol. The highest BCUT2D eigenvalue weighted by Crippen LogP contribution is 2.25. The highest BCUT2D eigenvalue weighted by atomic mass is 35.5. The lowest BCUT2D eigenvalue weighted by molar-refractivity contribution is 0.566. The van der Waals surface area contributed by atoms with Crippen LogP contribution in [0.5, 0.6) is 0 Å². The van der Waals surface area contributed by atoms with Crippen LogP contribution in [0, 0.1) is 0 Å². The topological polar surface area (TPSA) is 58.2 Å². The van der Waals surface area contributed by atoms with Gasteiger partial charge in [0.25, 0.3) is 0 Å². The van der Waals surface area contributed by atoms with Gasteiger partial charge >= 0.3 is 0 Å². The first-order chi connectivity index (χ1) is 6.63. The summed E-state index contributed by atoms with van der Waals surface area (Å²) in [4.78, 5) is 0.265. The van der Waals surface area contributed by atoms with E-state index in [-0.39, 0.29) is 10.8 Å². The number of alkyl halides is 1. The summed E-state index contributed by atoms with van der Waals surface area (Å²) in [5.41, 5.74) is 0.594. The molecule has 1 aromatic carbocycles. The van der Waals surface area contributed by atoms with Crippen LogP contribution in [-0.2, 0) is 10.0 Å². The van der Waals surface area contributed by atoms with Gasteiger partial charge in [0, 0.05) is 0 Å². The predicted octanol–water partition coefficient (Wildman–Crippen LogP) is 0.955. The van der Waals surface area contributed by atoms with Crippen LogP contribution >= 0.6 is 11.6 Å². The molecule has 0 aliphatic carbocycles. The van der Waals surface area contributed by atoms with E-state index in [4.69, 9.17) is 11.6 Å². The van der Waals surface area contributed by atoms with E-state index in [1.54, 1.807) is 24.3 Å². The first-order valence-corrected chi connectivity index (χ1v) is 6.09. The molecule has 2 rings (SSSR count).